The maximum Gasteiger partial charge on any atom is 0.354 e. The number of nitriles is 1. The number of benzene rings is 3. The summed E-state index contributed by atoms with van der Waals surface area (Å²) in [6.45, 7) is 0.260. The number of nitrogens with one attached hydrogen (secondary N) is 1. The quantitative estimate of drug-likeness (QED) is 0.138. The molecule has 0 aliphatic heterocycles. The Morgan fingerprint density at radius 1 is 1.03 bits per heavy atom. The fraction of sp³-hybridized carbons (Fsp3) is 0.0714. The van der Waals surface area contributed by atoms with Crippen LogP contribution in [0.1, 0.15) is 21.5 Å². The summed E-state index contributed by atoms with van der Waals surface area (Å²) in [5.74, 6) is -0.889. The van der Waals surface area contributed by atoms with Gasteiger partial charge in [-0.3, -0.25) is 4.79 Å². The average molecular weight is 480 g/mol. The lowest BCUT2D eigenvalue weighted by Gasteiger charge is -2.07. The van der Waals surface area contributed by atoms with Crippen molar-refractivity contribution in [1.29, 1.82) is 5.26 Å². The zero-order valence-electron chi connectivity index (χ0n) is 19.2. The molecule has 1 N–H and O–H groups in total. The Bertz CT molecular complexity index is 1560. The van der Waals surface area contributed by atoms with E-state index in [0.717, 1.165) is 5.56 Å². The number of rotatable bonds is 7. The molecule has 1 aromatic heterocycles. The second-order valence-corrected chi connectivity index (χ2v) is 7.62. The van der Waals surface area contributed by atoms with Crippen LogP contribution in [0.2, 0.25) is 0 Å². The summed E-state index contributed by atoms with van der Waals surface area (Å²) in [4.78, 5) is 37.5. The molecule has 0 saturated heterocycles. The molecule has 1 heterocycles. The van der Waals surface area contributed by atoms with Gasteiger partial charge in [-0.25, -0.2) is 9.59 Å². The van der Waals surface area contributed by atoms with Crippen LogP contribution in [0, 0.1) is 11.3 Å². The van der Waals surface area contributed by atoms with Gasteiger partial charge in [0.15, 0.2) is 0 Å². The number of fused-ring (bicyclic) bond motifs is 1. The topological polar surface area (TPSA) is 119 Å². The molecule has 0 aliphatic carbocycles. The number of hydrogen-bond donors (Lipinski definition) is 1. The van der Waals surface area contributed by atoms with Crippen molar-refractivity contribution in [3.63, 3.8) is 0 Å². The van der Waals surface area contributed by atoms with E-state index in [4.69, 9.17) is 13.9 Å². The van der Waals surface area contributed by atoms with E-state index < -0.39 is 17.5 Å². The van der Waals surface area contributed by atoms with Gasteiger partial charge in [-0.05, 0) is 35.9 Å². The largest absolute Gasteiger partial charge is 0.496 e. The minimum atomic E-state index is -0.887. The molecule has 0 spiro atoms. The molecule has 8 heteroatoms. The van der Waals surface area contributed by atoms with Gasteiger partial charge in [0.05, 0.1) is 7.11 Å². The van der Waals surface area contributed by atoms with Crippen LogP contribution in [-0.4, -0.2) is 19.0 Å². The third-order valence-corrected chi connectivity index (χ3v) is 5.24. The van der Waals surface area contributed by atoms with Crippen molar-refractivity contribution in [2.75, 3.05) is 7.11 Å². The van der Waals surface area contributed by atoms with E-state index in [2.05, 4.69) is 5.32 Å². The molecule has 178 valence electrons. The van der Waals surface area contributed by atoms with Gasteiger partial charge in [-0.2, -0.15) is 5.26 Å². The highest BCUT2D eigenvalue weighted by atomic mass is 16.5. The Morgan fingerprint density at radius 3 is 2.53 bits per heavy atom. The van der Waals surface area contributed by atoms with E-state index in [1.54, 1.807) is 30.3 Å². The maximum atomic E-state index is 12.6. The zero-order valence-corrected chi connectivity index (χ0v) is 19.2. The van der Waals surface area contributed by atoms with Crippen LogP contribution < -0.4 is 20.4 Å². The van der Waals surface area contributed by atoms with E-state index in [0.29, 0.717) is 16.7 Å². The molecule has 36 heavy (non-hydrogen) atoms. The fourth-order valence-corrected chi connectivity index (χ4v) is 3.43. The second kappa shape index (κ2) is 10.8. The number of nitrogens with zero attached hydrogens (tertiary/aromatic N) is 1. The normalized spacial score (nSPS) is 10.9. The minimum Gasteiger partial charge on any atom is -0.496 e. The van der Waals surface area contributed by atoms with Crippen LogP contribution in [0.5, 0.6) is 11.5 Å². The summed E-state index contributed by atoms with van der Waals surface area (Å²) < 4.78 is 15.8. The number of hydrogen-bond acceptors (Lipinski definition) is 7. The highest BCUT2D eigenvalue weighted by Crippen LogP contribution is 2.23. The summed E-state index contributed by atoms with van der Waals surface area (Å²) in [6, 6.07) is 23.8. The number of para-hydroxylation sites is 1. The molecular weight excluding hydrogens is 460 g/mol. The van der Waals surface area contributed by atoms with Gasteiger partial charge in [-0.1, -0.05) is 48.5 Å². The molecular formula is C28H20N2O6. The number of esters is 1. The third-order valence-electron chi connectivity index (χ3n) is 5.24. The summed E-state index contributed by atoms with van der Waals surface area (Å²) >= 11 is 0. The number of ether oxygens (including phenoxy) is 2. The monoisotopic (exact) mass is 480 g/mol. The molecule has 0 aliphatic rings. The second-order valence-electron chi connectivity index (χ2n) is 7.62. The van der Waals surface area contributed by atoms with E-state index in [1.165, 1.54) is 31.4 Å². The number of carbonyl (C=O) groups is 2. The molecule has 3 aromatic carbocycles. The standard InChI is InChI=1S/C28H20N2O6/c1-34-24-10-6-5-9-19(24)13-21(16-29)27(32)35-22-12-11-20-14-23(28(33)36-25(20)15-22)26(31)30-17-18-7-3-2-4-8-18/h2-15H,17H2,1H3,(H,30,31)/b21-13+. The maximum absolute atomic E-state index is 12.6. The Kier molecular flexibility index (Phi) is 7.22. The Balaban J connectivity index is 1.52. The molecule has 0 radical (unpaired) electrons. The summed E-state index contributed by atoms with van der Waals surface area (Å²) in [7, 11) is 1.48. The van der Waals surface area contributed by atoms with Gasteiger partial charge in [-0.15, -0.1) is 0 Å². The smallest absolute Gasteiger partial charge is 0.354 e. The van der Waals surface area contributed by atoms with E-state index >= 15 is 0 Å². The van der Waals surface area contributed by atoms with Crippen LogP contribution in [-0.2, 0) is 11.3 Å². The van der Waals surface area contributed by atoms with Crippen molar-refractivity contribution in [2.24, 2.45) is 0 Å². The lowest BCUT2D eigenvalue weighted by atomic mass is 10.1. The molecule has 8 nitrogen and oxygen atoms in total. The van der Waals surface area contributed by atoms with Crippen LogP contribution in [0.25, 0.3) is 17.0 Å². The highest BCUT2D eigenvalue weighted by molar-refractivity contribution is 6.00. The Labute approximate surface area is 206 Å². The van der Waals surface area contributed by atoms with E-state index in [9.17, 15) is 19.6 Å². The van der Waals surface area contributed by atoms with Gasteiger partial charge in [0, 0.05) is 23.6 Å². The predicted octanol–water partition coefficient (Wildman–Crippen LogP) is 4.24. The molecule has 4 aromatic rings. The zero-order chi connectivity index (χ0) is 25.5. The molecule has 0 bridgehead atoms. The molecule has 0 saturated carbocycles. The molecule has 1 amide bonds. The fourth-order valence-electron chi connectivity index (χ4n) is 3.43. The Morgan fingerprint density at radius 2 is 1.78 bits per heavy atom. The first kappa shape index (κ1) is 24.0. The van der Waals surface area contributed by atoms with Crippen molar-refractivity contribution in [3.8, 4) is 17.6 Å². The first-order chi connectivity index (χ1) is 17.5. The molecule has 0 fully saturated rings. The summed E-state index contributed by atoms with van der Waals surface area (Å²) in [5, 5.41) is 12.6. The van der Waals surface area contributed by atoms with Crippen LogP contribution in [0.4, 0.5) is 0 Å². The predicted molar refractivity (Wildman–Crippen MR) is 132 cm³/mol. The van der Waals surface area contributed by atoms with Gasteiger partial charge >= 0.3 is 11.6 Å². The number of methoxy groups -OCH3 is 1. The van der Waals surface area contributed by atoms with E-state index in [-0.39, 0.29) is 29.0 Å². The lowest BCUT2D eigenvalue weighted by molar-refractivity contribution is -0.129. The first-order valence-corrected chi connectivity index (χ1v) is 10.9. The van der Waals surface area contributed by atoms with Crippen molar-refractivity contribution in [1.82, 2.24) is 5.32 Å². The van der Waals surface area contributed by atoms with Crippen LogP contribution >= 0.6 is 0 Å². The van der Waals surface area contributed by atoms with Gasteiger partial charge in [0.2, 0.25) is 0 Å². The molecule has 0 unspecified atom stereocenters. The highest BCUT2D eigenvalue weighted by Gasteiger charge is 2.16. The van der Waals surface area contributed by atoms with Gasteiger partial charge < -0.3 is 19.2 Å². The minimum absolute atomic E-state index is 0.0677. The number of amides is 1. The molecule has 0 atom stereocenters. The van der Waals surface area contributed by atoms with Crippen LogP contribution in [0.3, 0.4) is 0 Å². The van der Waals surface area contributed by atoms with Crippen molar-refractivity contribution in [3.05, 3.63) is 112 Å². The number of carbonyl (C=O) groups excluding carboxylic acids is 2. The Hall–Kier alpha value is -5.16. The van der Waals surface area contributed by atoms with Crippen molar-refractivity contribution in [2.45, 2.75) is 6.54 Å². The summed E-state index contributed by atoms with van der Waals surface area (Å²) in [5.41, 5.74) is 0.332. The summed E-state index contributed by atoms with van der Waals surface area (Å²) in [6.07, 6.45) is 1.36. The first-order valence-electron chi connectivity index (χ1n) is 10.9. The van der Waals surface area contributed by atoms with E-state index in [1.807, 2.05) is 36.4 Å². The lowest BCUT2D eigenvalue weighted by Crippen LogP contribution is -2.27. The SMILES string of the molecule is COc1ccccc1/C=C(\C#N)C(=O)Oc1ccc2cc(C(=O)NCc3ccccc3)c(=O)oc2c1. The van der Waals surface area contributed by atoms with Crippen LogP contribution in [0.15, 0.2) is 93.6 Å². The molecule has 4 rings (SSSR count). The third kappa shape index (κ3) is 5.48. The van der Waals surface area contributed by atoms with Crippen molar-refractivity contribution < 1.29 is 23.5 Å². The van der Waals surface area contributed by atoms with Gasteiger partial charge in [0.25, 0.3) is 5.91 Å². The average Bonchev–Trinajstić information content (AvgIpc) is 2.90. The van der Waals surface area contributed by atoms with Gasteiger partial charge in [0.1, 0.15) is 34.3 Å². The van der Waals surface area contributed by atoms with Crippen molar-refractivity contribution >= 4 is 28.9 Å².